The van der Waals surface area contributed by atoms with Gasteiger partial charge in [0, 0.05) is 24.5 Å². The van der Waals surface area contributed by atoms with E-state index >= 15 is 0 Å². The second-order valence-electron chi connectivity index (χ2n) is 4.32. The summed E-state index contributed by atoms with van der Waals surface area (Å²) < 4.78 is 5.18. The number of ether oxygens (including phenoxy) is 1. The second-order valence-corrected chi connectivity index (χ2v) is 4.76. The molecule has 0 aromatic heterocycles. The molecule has 2 N–H and O–H groups in total. The summed E-state index contributed by atoms with van der Waals surface area (Å²) in [5.74, 6) is -0.604. The Morgan fingerprint density at radius 1 is 1.43 bits per heavy atom. The molecular weight excluding hydrogens is 296 g/mol. The van der Waals surface area contributed by atoms with E-state index in [-0.39, 0.29) is 18.9 Å². The van der Waals surface area contributed by atoms with Crippen molar-refractivity contribution in [1.82, 2.24) is 4.90 Å². The molecule has 0 aliphatic heterocycles. The Morgan fingerprint density at radius 3 is 2.71 bits per heavy atom. The summed E-state index contributed by atoms with van der Waals surface area (Å²) in [6.07, 6.45) is 0.191. The quantitative estimate of drug-likeness (QED) is 0.768. The van der Waals surface area contributed by atoms with Crippen molar-refractivity contribution < 1.29 is 19.4 Å². The fraction of sp³-hybridized carbons (Fsp3) is 0.429. The van der Waals surface area contributed by atoms with Crippen molar-refractivity contribution in [2.75, 3.05) is 32.1 Å². The monoisotopic (exact) mass is 314 g/mol. The number of benzene rings is 1. The van der Waals surface area contributed by atoms with Gasteiger partial charge in [0.05, 0.1) is 12.8 Å². The van der Waals surface area contributed by atoms with E-state index in [2.05, 4.69) is 5.32 Å². The number of rotatable bonds is 8. The number of carbonyl (C=O) groups is 2. The van der Waals surface area contributed by atoms with Gasteiger partial charge in [-0.15, -0.1) is 0 Å². The summed E-state index contributed by atoms with van der Waals surface area (Å²) in [5, 5.41) is 12.4. The van der Waals surface area contributed by atoms with Gasteiger partial charge in [-0.1, -0.05) is 11.6 Å². The molecule has 0 heterocycles. The van der Waals surface area contributed by atoms with Crippen molar-refractivity contribution >= 4 is 29.2 Å². The van der Waals surface area contributed by atoms with Gasteiger partial charge in [-0.05, 0) is 25.1 Å². The van der Waals surface area contributed by atoms with Gasteiger partial charge in [-0.2, -0.15) is 0 Å². The van der Waals surface area contributed by atoms with Crippen molar-refractivity contribution in [2.45, 2.75) is 13.3 Å². The molecule has 0 radical (unpaired) electrons. The first-order chi connectivity index (χ1) is 9.97. The van der Waals surface area contributed by atoms with Gasteiger partial charge >= 0.3 is 5.97 Å². The maximum Gasteiger partial charge on any atom is 0.323 e. The summed E-state index contributed by atoms with van der Waals surface area (Å²) in [7, 11) is 1.55. The second kappa shape index (κ2) is 8.36. The number of carboxylic acid groups (broad SMARTS) is 1. The van der Waals surface area contributed by atoms with Gasteiger partial charge in [0.2, 0.25) is 5.91 Å². The van der Waals surface area contributed by atoms with Crippen LogP contribution in [-0.2, 0) is 9.59 Å². The minimum atomic E-state index is -1.02. The first kappa shape index (κ1) is 17.1. The first-order valence-corrected chi connectivity index (χ1v) is 6.92. The molecule has 0 atom stereocenters. The highest BCUT2D eigenvalue weighted by atomic mass is 35.5. The standard InChI is InChI=1S/C14H19ClN2O4/c1-3-17(9-14(19)20)13(18)6-7-16-11-8-10(15)4-5-12(11)21-2/h4-5,8,16H,3,6-7,9H2,1-2H3,(H,19,20). The molecule has 7 heteroatoms. The maximum atomic E-state index is 11.9. The summed E-state index contributed by atoms with van der Waals surface area (Å²) in [4.78, 5) is 23.8. The number of nitrogens with zero attached hydrogens (tertiary/aromatic N) is 1. The molecule has 0 fully saturated rings. The van der Waals surface area contributed by atoms with Crippen LogP contribution < -0.4 is 10.1 Å². The first-order valence-electron chi connectivity index (χ1n) is 6.55. The highest BCUT2D eigenvalue weighted by molar-refractivity contribution is 6.30. The lowest BCUT2D eigenvalue weighted by Crippen LogP contribution is -2.36. The summed E-state index contributed by atoms with van der Waals surface area (Å²) in [6.45, 7) is 2.20. The minimum Gasteiger partial charge on any atom is -0.495 e. The topological polar surface area (TPSA) is 78.9 Å². The molecule has 0 aliphatic rings. The van der Waals surface area contributed by atoms with Gasteiger partial charge in [0.1, 0.15) is 12.3 Å². The van der Waals surface area contributed by atoms with Crippen LogP contribution in [0.4, 0.5) is 5.69 Å². The highest BCUT2D eigenvalue weighted by Crippen LogP contribution is 2.27. The fourth-order valence-corrected chi connectivity index (χ4v) is 1.99. The molecular formula is C14H19ClN2O4. The van der Waals surface area contributed by atoms with Gasteiger partial charge in [-0.25, -0.2) is 0 Å². The predicted octanol–water partition coefficient (Wildman–Crippen LogP) is 2.08. The minimum absolute atomic E-state index is 0.191. The van der Waals surface area contributed by atoms with E-state index in [0.717, 1.165) is 0 Å². The number of aliphatic carboxylic acids is 1. The van der Waals surface area contributed by atoms with Crippen LogP contribution in [0.25, 0.3) is 0 Å². The summed E-state index contributed by atoms with van der Waals surface area (Å²) in [5.41, 5.74) is 0.694. The van der Waals surface area contributed by atoms with Crippen LogP contribution in [0.1, 0.15) is 13.3 Å². The van der Waals surface area contributed by atoms with Crippen molar-refractivity contribution in [3.63, 3.8) is 0 Å². The van der Waals surface area contributed by atoms with Crippen LogP contribution in [0.5, 0.6) is 5.75 Å². The number of methoxy groups -OCH3 is 1. The van der Waals surface area contributed by atoms with E-state index in [0.29, 0.717) is 29.5 Å². The summed E-state index contributed by atoms with van der Waals surface area (Å²) >= 11 is 5.91. The molecule has 0 aliphatic carbocycles. The van der Waals surface area contributed by atoms with Crippen molar-refractivity contribution in [3.8, 4) is 5.75 Å². The van der Waals surface area contributed by atoms with E-state index in [9.17, 15) is 9.59 Å². The van der Waals surface area contributed by atoms with Crippen LogP contribution in [0, 0.1) is 0 Å². The third-order valence-corrected chi connectivity index (χ3v) is 3.11. The van der Waals surface area contributed by atoms with Gasteiger partial charge in [0.15, 0.2) is 0 Å². The van der Waals surface area contributed by atoms with Gasteiger partial charge in [0.25, 0.3) is 0 Å². The number of hydrogen-bond donors (Lipinski definition) is 2. The molecule has 116 valence electrons. The normalized spacial score (nSPS) is 10.0. The lowest BCUT2D eigenvalue weighted by atomic mass is 10.2. The van der Waals surface area contributed by atoms with Crippen LogP contribution in [0.3, 0.4) is 0 Å². The smallest absolute Gasteiger partial charge is 0.323 e. The van der Waals surface area contributed by atoms with Crippen LogP contribution >= 0.6 is 11.6 Å². The molecule has 0 bridgehead atoms. The number of nitrogens with one attached hydrogen (secondary N) is 1. The number of halogens is 1. The number of anilines is 1. The Hall–Kier alpha value is -1.95. The van der Waals surface area contributed by atoms with Crippen LogP contribution in [0.15, 0.2) is 18.2 Å². The highest BCUT2D eigenvalue weighted by Gasteiger charge is 2.14. The van der Waals surface area contributed by atoms with E-state index in [1.165, 1.54) is 4.90 Å². The third-order valence-electron chi connectivity index (χ3n) is 2.88. The van der Waals surface area contributed by atoms with Crippen molar-refractivity contribution in [2.24, 2.45) is 0 Å². The molecule has 1 aromatic carbocycles. The molecule has 0 saturated heterocycles. The van der Waals surface area contributed by atoms with E-state index < -0.39 is 5.97 Å². The van der Waals surface area contributed by atoms with Gasteiger partial charge < -0.3 is 20.1 Å². The Labute approximate surface area is 128 Å². The zero-order chi connectivity index (χ0) is 15.8. The zero-order valence-corrected chi connectivity index (χ0v) is 12.8. The Morgan fingerprint density at radius 2 is 2.14 bits per heavy atom. The van der Waals surface area contributed by atoms with Crippen LogP contribution in [-0.4, -0.2) is 48.6 Å². The number of carbonyl (C=O) groups excluding carboxylic acids is 1. The Bertz CT molecular complexity index is 508. The molecule has 1 rings (SSSR count). The number of likely N-dealkylation sites (N-methyl/N-ethyl adjacent to an activating group) is 1. The molecule has 1 amide bonds. The number of amides is 1. The number of carboxylic acids is 1. The van der Waals surface area contributed by atoms with Crippen LogP contribution in [0.2, 0.25) is 5.02 Å². The molecule has 1 aromatic rings. The lowest BCUT2D eigenvalue weighted by Gasteiger charge is -2.19. The maximum absolute atomic E-state index is 11.9. The Kier molecular flexibility index (Phi) is 6.81. The average Bonchev–Trinajstić information content (AvgIpc) is 2.44. The molecule has 0 spiro atoms. The van der Waals surface area contributed by atoms with Crippen molar-refractivity contribution in [1.29, 1.82) is 0 Å². The summed E-state index contributed by atoms with van der Waals surface area (Å²) in [6, 6.07) is 5.15. The molecule has 0 saturated carbocycles. The SMILES string of the molecule is CCN(CC(=O)O)C(=O)CCNc1cc(Cl)ccc1OC. The average molecular weight is 315 g/mol. The number of hydrogen-bond acceptors (Lipinski definition) is 4. The van der Waals surface area contributed by atoms with E-state index in [4.69, 9.17) is 21.4 Å². The van der Waals surface area contributed by atoms with E-state index in [1.54, 1.807) is 32.2 Å². The molecule has 21 heavy (non-hydrogen) atoms. The molecule has 0 unspecified atom stereocenters. The largest absolute Gasteiger partial charge is 0.495 e. The fourth-order valence-electron chi connectivity index (χ4n) is 1.82. The lowest BCUT2D eigenvalue weighted by molar-refractivity contribution is -0.144. The zero-order valence-electron chi connectivity index (χ0n) is 12.1. The van der Waals surface area contributed by atoms with E-state index in [1.807, 2.05) is 0 Å². The Balaban J connectivity index is 2.54. The van der Waals surface area contributed by atoms with Crippen molar-refractivity contribution in [3.05, 3.63) is 23.2 Å². The third kappa shape index (κ3) is 5.51. The predicted molar refractivity (Wildman–Crippen MR) is 81.0 cm³/mol. The van der Waals surface area contributed by atoms with Gasteiger partial charge in [-0.3, -0.25) is 9.59 Å². The molecule has 6 nitrogen and oxygen atoms in total.